The van der Waals surface area contributed by atoms with Crippen molar-refractivity contribution in [1.82, 2.24) is 5.32 Å². The molecular weight excluding hydrogens is 234 g/mol. The number of benzene rings is 1. The van der Waals surface area contributed by atoms with Gasteiger partial charge in [0.15, 0.2) is 0 Å². The summed E-state index contributed by atoms with van der Waals surface area (Å²) < 4.78 is 5.74. The smallest absolute Gasteiger partial charge is 0.0576 e. The van der Waals surface area contributed by atoms with Gasteiger partial charge >= 0.3 is 0 Å². The van der Waals surface area contributed by atoms with Crippen LogP contribution in [-0.4, -0.2) is 25.3 Å². The number of nitrogens with one attached hydrogen (secondary N) is 1. The van der Waals surface area contributed by atoms with Crippen molar-refractivity contribution in [2.45, 2.75) is 57.6 Å². The van der Waals surface area contributed by atoms with Crippen LogP contribution in [0.1, 0.15) is 51.0 Å². The first-order valence-corrected chi connectivity index (χ1v) is 7.71. The molecule has 0 bridgehead atoms. The third-order valence-corrected chi connectivity index (χ3v) is 4.22. The molecule has 1 aliphatic rings. The molecular formula is C17H27NO. The van der Waals surface area contributed by atoms with Crippen LogP contribution in [0.2, 0.25) is 0 Å². The Morgan fingerprint density at radius 1 is 1.32 bits per heavy atom. The van der Waals surface area contributed by atoms with Crippen molar-refractivity contribution < 1.29 is 4.74 Å². The number of rotatable bonds is 7. The molecule has 0 amide bonds. The molecule has 0 aliphatic carbocycles. The molecule has 1 aliphatic heterocycles. The highest BCUT2D eigenvalue weighted by atomic mass is 16.5. The van der Waals surface area contributed by atoms with Crippen molar-refractivity contribution in [2.24, 2.45) is 0 Å². The third kappa shape index (κ3) is 4.32. The molecule has 2 heteroatoms. The van der Waals surface area contributed by atoms with Crippen LogP contribution in [-0.2, 0) is 4.74 Å². The van der Waals surface area contributed by atoms with E-state index >= 15 is 0 Å². The van der Waals surface area contributed by atoms with Crippen LogP contribution >= 0.6 is 0 Å². The highest BCUT2D eigenvalue weighted by Gasteiger charge is 2.21. The van der Waals surface area contributed by atoms with Gasteiger partial charge in [0.1, 0.15) is 0 Å². The van der Waals surface area contributed by atoms with Crippen molar-refractivity contribution in [2.75, 3.05) is 13.2 Å². The van der Waals surface area contributed by atoms with Gasteiger partial charge in [-0.25, -0.2) is 0 Å². The van der Waals surface area contributed by atoms with Crippen molar-refractivity contribution in [3.63, 3.8) is 0 Å². The zero-order chi connectivity index (χ0) is 13.5. The lowest BCUT2D eigenvalue weighted by molar-refractivity contribution is 0.0988. The molecule has 3 unspecified atom stereocenters. The molecule has 106 valence electrons. The Kier molecular flexibility index (Phi) is 5.87. The van der Waals surface area contributed by atoms with Crippen LogP contribution in [0, 0.1) is 0 Å². The average molecular weight is 261 g/mol. The summed E-state index contributed by atoms with van der Waals surface area (Å²) >= 11 is 0. The average Bonchev–Trinajstić information content (AvgIpc) is 2.97. The van der Waals surface area contributed by atoms with Crippen LogP contribution in [0.15, 0.2) is 30.3 Å². The van der Waals surface area contributed by atoms with Gasteiger partial charge in [0, 0.05) is 12.6 Å². The Balaban J connectivity index is 1.90. The van der Waals surface area contributed by atoms with E-state index in [2.05, 4.69) is 49.5 Å². The van der Waals surface area contributed by atoms with Gasteiger partial charge in [-0.2, -0.15) is 0 Å². The van der Waals surface area contributed by atoms with Crippen LogP contribution in [0.4, 0.5) is 0 Å². The predicted octanol–water partition coefficient (Wildman–Crippen LogP) is 3.73. The first-order valence-electron chi connectivity index (χ1n) is 7.71. The van der Waals surface area contributed by atoms with E-state index in [1.54, 1.807) is 0 Å². The molecule has 0 radical (unpaired) electrons. The molecule has 0 spiro atoms. The minimum atomic E-state index is 0.504. The van der Waals surface area contributed by atoms with E-state index in [0.717, 1.165) is 13.2 Å². The minimum absolute atomic E-state index is 0.504. The molecule has 19 heavy (non-hydrogen) atoms. The van der Waals surface area contributed by atoms with Crippen LogP contribution in [0.5, 0.6) is 0 Å². The van der Waals surface area contributed by atoms with E-state index in [4.69, 9.17) is 4.74 Å². The Morgan fingerprint density at radius 3 is 2.74 bits per heavy atom. The zero-order valence-electron chi connectivity index (χ0n) is 12.3. The molecule has 1 aromatic rings. The number of ether oxygens (including phenoxy) is 1. The summed E-state index contributed by atoms with van der Waals surface area (Å²) in [5.74, 6) is 0.558. The van der Waals surface area contributed by atoms with E-state index in [1.165, 1.54) is 31.2 Å². The number of hydrogen-bond acceptors (Lipinski definition) is 2. The van der Waals surface area contributed by atoms with Gasteiger partial charge in [0.25, 0.3) is 0 Å². The lowest BCUT2D eigenvalue weighted by Gasteiger charge is -2.26. The van der Waals surface area contributed by atoms with Crippen LogP contribution in [0.3, 0.4) is 0 Å². The molecule has 3 atom stereocenters. The maximum Gasteiger partial charge on any atom is 0.0576 e. The Labute approximate surface area is 117 Å². The number of hydrogen-bond donors (Lipinski definition) is 1. The van der Waals surface area contributed by atoms with E-state index in [1.807, 2.05) is 0 Å². The van der Waals surface area contributed by atoms with Gasteiger partial charge < -0.3 is 10.1 Å². The minimum Gasteiger partial charge on any atom is -0.378 e. The van der Waals surface area contributed by atoms with Gasteiger partial charge in [-0.05, 0) is 43.7 Å². The summed E-state index contributed by atoms with van der Waals surface area (Å²) in [6.07, 6.45) is 5.39. The Morgan fingerprint density at radius 2 is 2.11 bits per heavy atom. The Bertz CT molecular complexity index is 346. The van der Waals surface area contributed by atoms with Crippen LogP contribution < -0.4 is 5.32 Å². The number of likely N-dealkylation sites (N-methyl/N-ethyl adjacent to an activating group) is 1. The van der Waals surface area contributed by atoms with Crippen molar-refractivity contribution in [3.8, 4) is 0 Å². The molecule has 1 aromatic carbocycles. The second kappa shape index (κ2) is 7.66. The Hall–Kier alpha value is -0.860. The molecule has 2 nitrogen and oxygen atoms in total. The fourth-order valence-electron chi connectivity index (χ4n) is 3.02. The predicted molar refractivity (Wildman–Crippen MR) is 80.5 cm³/mol. The van der Waals surface area contributed by atoms with Gasteiger partial charge in [-0.15, -0.1) is 0 Å². The fraction of sp³-hybridized carbons (Fsp3) is 0.647. The van der Waals surface area contributed by atoms with Gasteiger partial charge in [0.05, 0.1) is 6.10 Å². The highest BCUT2D eigenvalue weighted by molar-refractivity contribution is 5.20. The van der Waals surface area contributed by atoms with E-state index in [-0.39, 0.29) is 0 Å². The quantitative estimate of drug-likeness (QED) is 0.807. The van der Waals surface area contributed by atoms with Crippen molar-refractivity contribution in [3.05, 3.63) is 35.9 Å². The zero-order valence-corrected chi connectivity index (χ0v) is 12.3. The van der Waals surface area contributed by atoms with Crippen LogP contribution in [0.25, 0.3) is 0 Å². The van der Waals surface area contributed by atoms with Gasteiger partial charge in [-0.3, -0.25) is 0 Å². The molecule has 1 N–H and O–H groups in total. The normalized spacial score (nSPS) is 22.3. The van der Waals surface area contributed by atoms with Gasteiger partial charge in [0.2, 0.25) is 0 Å². The molecule has 1 heterocycles. The van der Waals surface area contributed by atoms with E-state index in [0.29, 0.717) is 18.1 Å². The maximum absolute atomic E-state index is 5.74. The lowest BCUT2D eigenvalue weighted by atomic mass is 9.89. The molecule has 1 saturated heterocycles. The van der Waals surface area contributed by atoms with Crippen molar-refractivity contribution in [1.29, 1.82) is 0 Å². The molecule has 0 aromatic heterocycles. The second-order valence-electron chi connectivity index (χ2n) is 5.58. The first kappa shape index (κ1) is 14.5. The SMILES string of the molecule is CCNC(CCC1CCCO1)C(C)c1ccccc1. The molecule has 1 fully saturated rings. The topological polar surface area (TPSA) is 21.3 Å². The lowest BCUT2D eigenvalue weighted by Crippen LogP contribution is -2.34. The monoisotopic (exact) mass is 261 g/mol. The summed E-state index contributed by atoms with van der Waals surface area (Å²) in [6, 6.07) is 11.4. The van der Waals surface area contributed by atoms with E-state index < -0.39 is 0 Å². The molecule has 0 saturated carbocycles. The highest BCUT2D eigenvalue weighted by Crippen LogP contribution is 2.25. The fourth-order valence-corrected chi connectivity index (χ4v) is 3.02. The standard InChI is InChI=1S/C17H27NO/c1-3-18-17(12-11-16-10-7-13-19-16)14(2)15-8-5-4-6-9-15/h4-6,8-9,14,16-18H,3,7,10-13H2,1-2H3. The summed E-state index contributed by atoms with van der Waals surface area (Å²) in [4.78, 5) is 0. The third-order valence-electron chi connectivity index (χ3n) is 4.22. The van der Waals surface area contributed by atoms with Crippen molar-refractivity contribution >= 4 is 0 Å². The van der Waals surface area contributed by atoms with Gasteiger partial charge in [-0.1, -0.05) is 44.2 Å². The summed E-state index contributed by atoms with van der Waals surface area (Å²) in [6.45, 7) is 6.52. The second-order valence-corrected chi connectivity index (χ2v) is 5.58. The first-order chi connectivity index (χ1) is 9.31. The largest absolute Gasteiger partial charge is 0.378 e. The summed E-state index contributed by atoms with van der Waals surface area (Å²) in [5, 5.41) is 3.65. The summed E-state index contributed by atoms with van der Waals surface area (Å²) in [5.41, 5.74) is 1.43. The van der Waals surface area contributed by atoms with E-state index in [9.17, 15) is 0 Å². The molecule has 2 rings (SSSR count). The maximum atomic E-state index is 5.74. The summed E-state index contributed by atoms with van der Waals surface area (Å²) in [7, 11) is 0.